The van der Waals surface area contributed by atoms with Crippen molar-refractivity contribution in [2.45, 2.75) is 50.9 Å². The van der Waals surface area contributed by atoms with E-state index in [0.717, 1.165) is 30.7 Å². The number of alkyl halides is 1. The van der Waals surface area contributed by atoms with Crippen LogP contribution in [-0.2, 0) is 0 Å². The second-order valence-corrected chi connectivity index (χ2v) is 13.6. The number of rotatable bonds is 4. The molecule has 2 aromatic heterocycles. The van der Waals surface area contributed by atoms with E-state index in [1.54, 1.807) is 0 Å². The Balaban J connectivity index is 1.47. The van der Waals surface area contributed by atoms with Gasteiger partial charge in [-0.25, -0.2) is 13.2 Å². The summed E-state index contributed by atoms with van der Waals surface area (Å²) in [5.41, 5.74) is 5.65. The summed E-state index contributed by atoms with van der Waals surface area (Å²) in [5, 5.41) is 10.4. The number of fused-ring (bicyclic) bond motifs is 2. The first-order valence-corrected chi connectivity index (χ1v) is 15.7. The molecule has 3 aliphatic heterocycles. The summed E-state index contributed by atoms with van der Waals surface area (Å²) < 4.78 is 58.9. The molecular formula is C31H30ClF3N6O2S. The lowest BCUT2D eigenvalue weighted by atomic mass is 9.95. The summed E-state index contributed by atoms with van der Waals surface area (Å²) in [6.45, 7) is 5.66. The molecule has 4 aromatic rings. The van der Waals surface area contributed by atoms with Gasteiger partial charge in [-0.2, -0.15) is 15.2 Å². The highest BCUT2D eigenvalue weighted by Gasteiger charge is 2.49. The first kappa shape index (κ1) is 29.2. The predicted molar refractivity (Wildman–Crippen MR) is 165 cm³/mol. The molecule has 0 saturated carbocycles. The lowest BCUT2D eigenvalue weighted by Crippen LogP contribution is -2.43. The fraction of sp³-hybridized carbons (Fsp3) is 0.452. The second-order valence-electron chi connectivity index (χ2n) is 12.1. The Bertz CT molecular complexity index is 1880. The van der Waals surface area contributed by atoms with Crippen molar-refractivity contribution in [2.75, 3.05) is 44.0 Å². The molecule has 2 N–H and O–H groups in total. The molecule has 0 bridgehead atoms. The molecule has 2 fully saturated rings. The first-order chi connectivity index (χ1) is 21.0. The molecule has 2 saturated heterocycles. The van der Waals surface area contributed by atoms with E-state index in [4.69, 9.17) is 31.8 Å². The van der Waals surface area contributed by atoms with Gasteiger partial charge in [0.2, 0.25) is 0 Å². The monoisotopic (exact) mass is 642 g/mol. The van der Waals surface area contributed by atoms with Crippen molar-refractivity contribution in [1.29, 1.82) is 5.26 Å². The normalized spacial score (nSPS) is 25.1. The van der Waals surface area contributed by atoms with Gasteiger partial charge in [0.1, 0.15) is 41.0 Å². The van der Waals surface area contributed by atoms with Crippen LogP contribution in [0, 0.1) is 28.9 Å². The predicted octanol–water partition coefficient (Wildman–Crippen LogP) is 6.71. The number of nitrogens with zero attached hydrogens (tertiary/aromatic N) is 5. The van der Waals surface area contributed by atoms with E-state index in [9.17, 15) is 14.0 Å². The number of ether oxygens (including phenoxy) is 2. The van der Waals surface area contributed by atoms with Gasteiger partial charge in [0.05, 0.1) is 32.8 Å². The van der Waals surface area contributed by atoms with Crippen molar-refractivity contribution in [3.63, 3.8) is 0 Å². The van der Waals surface area contributed by atoms with Gasteiger partial charge in [0.25, 0.3) is 0 Å². The van der Waals surface area contributed by atoms with Crippen LogP contribution in [0.25, 0.3) is 32.1 Å². The standard InChI is InChI=1S/C31H30ClF3N6O2S/c1-14-12-42-26-22-25(24(35)21(23(26)32)17-5-6-19(34)27-20(17)18(10-36)28(37)44-27)38-30(39-29(22)40(3)15(14)2)43-13-31-7-4-8-41(31)11-16(33)9-31/h5-6,14-16H,4,7-9,11-13,37H2,1-3H3/t14?,15-,16-,31+/m1/s1. The van der Waals surface area contributed by atoms with E-state index in [0.29, 0.717) is 18.8 Å². The Morgan fingerprint density at radius 2 is 2.07 bits per heavy atom. The number of thiophene rings is 1. The third-order valence-corrected chi connectivity index (χ3v) is 11.0. The minimum atomic E-state index is -0.933. The maximum absolute atomic E-state index is 17.0. The average molecular weight is 643 g/mol. The summed E-state index contributed by atoms with van der Waals surface area (Å²) in [6.07, 6.45) is 1.16. The molecule has 5 heterocycles. The zero-order valence-electron chi connectivity index (χ0n) is 24.4. The zero-order valence-corrected chi connectivity index (χ0v) is 26.0. The molecule has 1 unspecified atom stereocenters. The molecule has 44 heavy (non-hydrogen) atoms. The number of benzene rings is 2. The van der Waals surface area contributed by atoms with E-state index in [2.05, 4.69) is 9.88 Å². The van der Waals surface area contributed by atoms with Crippen molar-refractivity contribution >= 4 is 54.7 Å². The summed E-state index contributed by atoms with van der Waals surface area (Å²) in [5.74, 6) is -0.799. The van der Waals surface area contributed by atoms with Crippen LogP contribution in [0.2, 0.25) is 5.02 Å². The molecule has 8 nitrogen and oxygen atoms in total. The van der Waals surface area contributed by atoms with E-state index in [1.165, 1.54) is 12.1 Å². The third-order valence-electron chi connectivity index (χ3n) is 9.63. The number of hydrogen-bond acceptors (Lipinski definition) is 9. The number of nitrogens with two attached hydrogens (primary N) is 1. The second kappa shape index (κ2) is 10.5. The molecule has 0 radical (unpaired) electrons. The van der Waals surface area contributed by atoms with Gasteiger partial charge < -0.3 is 20.1 Å². The number of anilines is 2. The molecule has 0 aliphatic carbocycles. The number of nitrogen functional groups attached to an aromatic ring is 1. The number of aromatic nitrogens is 2. The summed E-state index contributed by atoms with van der Waals surface area (Å²) in [7, 11) is 1.86. The third kappa shape index (κ3) is 4.27. The SMILES string of the molecule is CC1COc2c(Cl)c(-c3ccc(F)c4sc(N)c(C#N)c34)c(F)c3nc(OC[C@@]45CCCN4C[C@H](F)C5)nc(c23)N(C)[C@@H]1C. The minimum Gasteiger partial charge on any atom is -0.491 e. The van der Waals surface area contributed by atoms with Gasteiger partial charge in [-0.1, -0.05) is 24.6 Å². The van der Waals surface area contributed by atoms with Crippen LogP contribution < -0.4 is 20.1 Å². The molecule has 4 atom stereocenters. The summed E-state index contributed by atoms with van der Waals surface area (Å²) >= 11 is 7.89. The Morgan fingerprint density at radius 1 is 1.27 bits per heavy atom. The highest BCUT2D eigenvalue weighted by atomic mass is 35.5. The molecule has 2 aromatic carbocycles. The van der Waals surface area contributed by atoms with Gasteiger partial charge in [0.15, 0.2) is 11.6 Å². The Morgan fingerprint density at radius 3 is 2.84 bits per heavy atom. The summed E-state index contributed by atoms with van der Waals surface area (Å²) in [4.78, 5) is 13.3. The Labute approximate surface area is 261 Å². The van der Waals surface area contributed by atoms with Crippen molar-refractivity contribution < 1.29 is 22.6 Å². The van der Waals surface area contributed by atoms with E-state index < -0.39 is 23.3 Å². The molecule has 7 rings (SSSR count). The van der Waals surface area contributed by atoms with Crippen LogP contribution in [0.1, 0.15) is 38.7 Å². The van der Waals surface area contributed by atoms with Crippen molar-refractivity contribution in [3.8, 4) is 29.0 Å². The van der Waals surface area contributed by atoms with Crippen molar-refractivity contribution in [2.24, 2.45) is 5.92 Å². The Hall–Kier alpha value is -3.53. The average Bonchev–Trinajstić information content (AvgIpc) is 3.64. The van der Waals surface area contributed by atoms with Crippen LogP contribution in [0.5, 0.6) is 11.8 Å². The van der Waals surface area contributed by atoms with E-state index >= 15 is 4.39 Å². The van der Waals surface area contributed by atoms with Crippen molar-refractivity contribution in [3.05, 3.63) is 34.4 Å². The Kier molecular flexibility index (Phi) is 6.99. The molecule has 0 spiro atoms. The van der Waals surface area contributed by atoms with Crippen molar-refractivity contribution in [1.82, 2.24) is 14.9 Å². The molecular weight excluding hydrogens is 613 g/mol. The number of hydrogen-bond donors (Lipinski definition) is 1. The van der Waals surface area contributed by atoms with Crippen LogP contribution >= 0.6 is 22.9 Å². The van der Waals surface area contributed by atoms with Crippen LogP contribution in [0.3, 0.4) is 0 Å². The highest BCUT2D eigenvalue weighted by molar-refractivity contribution is 7.23. The largest absolute Gasteiger partial charge is 0.491 e. The van der Waals surface area contributed by atoms with Crippen LogP contribution in [-0.4, -0.2) is 66.0 Å². The van der Waals surface area contributed by atoms with Gasteiger partial charge in [-0.15, -0.1) is 11.3 Å². The number of nitriles is 1. The first-order valence-electron chi connectivity index (χ1n) is 14.6. The lowest BCUT2D eigenvalue weighted by Gasteiger charge is -2.35. The maximum Gasteiger partial charge on any atom is 0.319 e. The minimum absolute atomic E-state index is 0.0254. The zero-order chi connectivity index (χ0) is 31.1. The van der Waals surface area contributed by atoms with Gasteiger partial charge in [-0.05, 0) is 37.9 Å². The molecule has 230 valence electrons. The molecule has 0 amide bonds. The smallest absolute Gasteiger partial charge is 0.319 e. The lowest BCUT2D eigenvalue weighted by molar-refractivity contribution is 0.107. The van der Waals surface area contributed by atoms with Gasteiger partial charge in [0, 0.05) is 42.9 Å². The topological polar surface area (TPSA) is 101 Å². The van der Waals surface area contributed by atoms with Gasteiger partial charge in [-0.3, -0.25) is 4.90 Å². The quantitative estimate of drug-likeness (QED) is 0.262. The highest BCUT2D eigenvalue weighted by Crippen LogP contribution is 2.51. The van der Waals surface area contributed by atoms with E-state index in [1.807, 2.05) is 31.9 Å². The summed E-state index contributed by atoms with van der Waals surface area (Å²) in [6, 6.07) is 4.50. The molecule has 3 aliphatic rings. The van der Waals surface area contributed by atoms with Crippen LogP contribution in [0.15, 0.2) is 12.1 Å². The van der Waals surface area contributed by atoms with E-state index in [-0.39, 0.29) is 84.6 Å². The van der Waals surface area contributed by atoms with Crippen LogP contribution in [0.4, 0.5) is 24.0 Å². The fourth-order valence-electron chi connectivity index (χ4n) is 7.01. The fourth-order valence-corrected chi connectivity index (χ4v) is 8.29. The number of halogens is 4. The maximum atomic E-state index is 17.0. The molecule has 13 heteroatoms. The van der Waals surface area contributed by atoms with Gasteiger partial charge >= 0.3 is 6.01 Å².